The molecule has 0 aliphatic rings. The first-order valence-electron chi connectivity index (χ1n) is 7.48. The maximum Gasteiger partial charge on any atom is 0.0195 e. The van der Waals surface area contributed by atoms with Crippen LogP contribution < -0.4 is 5.32 Å². The first-order valence-corrected chi connectivity index (χ1v) is 7.48. The van der Waals surface area contributed by atoms with Crippen LogP contribution in [0.5, 0.6) is 0 Å². The van der Waals surface area contributed by atoms with Crippen molar-refractivity contribution in [3.05, 3.63) is 0 Å². The van der Waals surface area contributed by atoms with Gasteiger partial charge in [-0.3, -0.25) is 4.90 Å². The van der Waals surface area contributed by atoms with Crippen LogP contribution in [0.2, 0.25) is 0 Å². The van der Waals surface area contributed by atoms with Crippen molar-refractivity contribution in [3.8, 4) is 0 Å². The van der Waals surface area contributed by atoms with E-state index >= 15 is 0 Å². The lowest BCUT2D eigenvalue weighted by atomic mass is 10.1. The highest BCUT2D eigenvalue weighted by atomic mass is 15.2. The third-order valence-electron chi connectivity index (χ3n) is 3.10. The van der Waals surface area contributed by atoms with Crippen LogP contribution in [0.15, 0.2) is 0 Å². The number of rotatable bonds is 10. The summed E-state index contributed by atoms with van der Waals surface area (Å²) >= 11 is 0. The second-order valence-corrected chi connectivity index (χ2v) is 5.88. The Kier molecular flexibility index (Phi) is 9.85. The third kappa shape index (κ3) is 8.62. The Bertz CT molecular complexity index is 166. The van der Waals surface area contributed by atoms with Gasteiger partial charge >= 0.3 is 0 Å². The molecule has 104 valence electrons. The highest BCUT2D eigenvalue weighted by Gasteiger charge is 2.16. The Morgan fingerprint density at radius 1 is 0.941 bits per heavy atom. The van der Waals surface area contributed by atoms with Gasteiger partial charge in [0, 0.05) is 25.2 Å². The summed E-state index contributed by atoms with van der Waals surface area (Å²) in [6, 6.07) is 1.32. The van der Waals surface area contributed by atoms with Gasteiger partial charge in [0.15, 0.2) is 0 Å². The minimum atomic E-state index is 0.653. The van der Waals surface area contributed by atoms with E-state index in [0.29, 0.717) is 12.1 Å². The first-order chi connectivity index (χ1) is 8.01. The lowest BCUT2D eigenvalue weighted by Crippen LogP contribution is -2.45. The molecule has 0 fully saturated rings. The summed E-state index contributed by atoms with van der Waals surface area (Å²) in [5.41, 5.74) is 0. The maximum absolute atomic E-state index is 3.69. The highest BCUT2D eigenvalue weighted by Crippen LogP contribution is 2.08. The van der Waals surface area contributed by atoms with Gasteiger partial charge in [0.1, 0.15) is 0 Å². The molecule has 0 aliphatic carbocycles. The van der Waals surface area contributed by atoms with Crippen molar-refractivity contribution < 1.29 is 0 Å². The number of nitrogens with zero attached hydrogens (tertiary/aromatic N) is 1. The summed E-state index contributed by atoms with van der Waals surface area (Å²) in [7, 11) is 0. The largest absolute Gasteiger partial charge is 0.313 e. The molecule has 17 heavy (non-hydrogen) atoms. The van der Waals surface area contributed by atoms with Crippen molar-refractivity contribution in [1.82, 2.24) is 10.2 Å². The maximum atomic E-state index is 3.69. The summed E-state index contributed by atoms with van der Waals surface area (Å²) in [6.45, 7) is 17.3. The van der Waals surface area contributed by atoms with Gasteiger partial charge in [0.25, 0.3) is 0 Å². The molecule has 2 nitrogen and oxygen atoms in total. The number of nitrogens with one attached hydrogen (secondary N) is 1. The number of hydrogen-bond acceptors (Lipinski definition) is 2. The van der Waals surface area contributed by atoms with Gasteiger partial charge in [-0.2, -0.15) is 0 Å². The fourth-order valence-electron chi connectivity index (χ4n) is 2.20. The molecule has 0 rings (SSSR count). The first kappa shape index (κ1) is 16.9. The molecule has 0 aromatic rings. The van der Waals surface area contributed by atoms with E-state index in [1.165, 1.54) is 32.4 Å². The molecular formula is C15H34N2. The lowest BCUT2D eigenvalue weighted by molar-refractivity contribution is 0.173. The van der Waals surface area contributed by atoms with E-state index in [1.54, 1.807) is 0 Å². The lowest BCUT2D eigenvalue weighted by Gasteiger charge is -2.32. The van der Waals surface area contributed by atoms with Crippen molar-refractivity contribution in [2.75, 3.05) is 19.6 Å². The quantitative estimate of drug-likeness (QED) is 0.630. The predicted molar refractivity (Wildman–Crippen MR) is 78.5 cm³/mol. The van der Waals surface area contributed by atoms with Gasteiger partial charge in [-0.1, -0.05) is 34.1 Å². The van der Waals surface area contributed by atoms with E-state index in [4.69, 9.17) is 0 Å². The fraction of sp³-hybridized carbons (Fsp3) is 1.00. The average molecular weight is 242 g/mol. The van der Waals surface area contributed by atoms with Crippen molar-refractivity contribution in [1.29, 1.82) is 0 Å². The summed E-state index contributed by atoms with van der Waals surface area (Å²) in [6.07, 6.45) is 3.79. The van der Waals surface area contributed by atoms with Gasteiger partial charge in [-0.05, 0) is 39.2 Å². The molecule has 1 atom stereocenters. The molecule has 0 aliphatic heterocycles. The topological polar surface area (TPSA) is 15.3 Å². The normalized spacial score (nSPS) is 13.9. The number of hydrogen-bond donors (Lipinski definition) is 1. The average Bonchev–Trinajstić information content (AvgIpc) is 2.24. The standard InChI is InChI=1S/C15H34N2/c1-7-9-15(16-10-8-2)12-17(14(5)6)11-13(3)4/h13-16H,7-12H2,1-6H3. The molecule has 0 saturated carbocycles. The molecule has 1 N–H and O–H groups in total. The van der Waals surface area contributed by atoms with Gasteiger partial charge in [0.05, 0.1) is 0 Å². The van der Waals surface area contributed by atoms with Crippen molar-refractivity contribution in [2.45, 2.75) is 72.9 Å². The summed E-state index contributed by atoms with van der Waals surface area (Å²) in [5, 5.41) is 3.69. The minimum absolute atomic E-state index is 0.653. The van der Waals surface area contributed by atoms with E-state index < -0.39 is 0 Å². The zero-order valence-corrected chi connectivity index (χ0v) is 12.9. The zero-order chi connectivity index (χ0) is 13.3. The van der Waals surface area contributed by atoms with E-state index in [1.807, 2.05) is 0 Å². The van der Waals surface area contributed by atoms with E-state index in [-0.39, 0.29) is 0 Å². The Hall–Kier alpha value is -0.0800. The fourth-order valence-corrected chi connectivity index (χ4v) is 2.20. The predicted octanol–water partition coefficient (Wildman–Crippen LogP) is 3.52. The molecule has 0 heterocycles. The Labute approximate surface area is 109 Å². The summed E-state index contributed by atoms with van der Waals surface area (Å²) in [5.74, 6) is 0.755. The summed E-state index contributed by atoms with van der Waals surface area (Å²) < 4.78 is 0. The van der Waals surface area contributed by atoms with E-state index in [2.05, 4.69) is 51.8 Å². The van der Waals surface area contributed by atoms with Gasteiger partial charge in [0.2, 0.25) is 0 Å². The van der Waals surface area contributed by atoms with Crippen LogP contribution in [0.25, 0.3) is 0 Å². The second kappa shape index (κ2) is 9.90. The molecule has 0 spiro atoms. The molecule has 0 aromatic carbocycles. The molecule has 0 amide bonds. The van der Waals surface area contributed by atoms with Crippen LogP contribution in [0.1, 0.15) is 60.8 Å². The van der Waals surface area contributed by atoms with Gasteiger partial charge < -0.3 is 5.32 Å². The van der Waals surface area contributed by atoms with Crippen LogP contribution in [-0.4, -0.2) is 36.6 Å². The van der Waals surface area contributed by atoms with Crippen LogP contribution >= 0.6 is 0 Å². The van der Waals surface area contributed by atoms with Crippen molar-refractivity contribution >= 4 is 0 Å². The zero-order valence-electron chi connectivity index (χ0n) is 12.9. The Morgan fingerprint density at radius 2 is 1.59 bits per heavy atom. The van der Waals surface area contributed by atoms with E-state index in [0.717, 1.165) is 12.5 Å². The Morgan fingerprint density at radius 3 is 2.00 bits per heavy atom. The molecular weight excluding hydrogens is 208 g/mol. The molecule has 2 heteroatoms. The monoisotopic (exact) mass is 242 g/mol. The molecule has 0 bridgehead atoms. The van der Waals surface area contributed by atoms with Crippen LogP contribution in [0.4, 0.5) is 0 Å². The van der Waals surface area contributed by atoms with Crippen molar-refractivity contribution in [2.24, 2.45) is 5.92 Å². The Balaban J connectivity index is 4.23. The van der Waals surface area contributed by atoms with E-state index in [9.17, 15) is 0 Å². The van der Waals surface area contributed by atoms with Crippen LogP contribution in [0.3, 0.4) is 0 Å². The molecule has 0 radical (unpaired) electrons. The SMILES string of the molecule is CCCNC(CCC)CN(CC(C)C)C(C)C. The van der Waals surface area contributed by atoms with Crippen molar-refractivity contribution in [3.63, 3.8) is 0 Å². The second-order valence-electron chi connectivity index (χ2n) is 5.88. The minimum Gasteiger partial charge on any atom is -0.313 e. The smallest absolute Gasteiger partial charge is 0.0195 e. The van der Waals surface area contributed by atoms with Gasteiger partial charge in [-0.15, -0.1) is 0 Å². The van der Waals surface area contributed by atoms with Crippen LogP contribution in [-0.2, 0) is 0 Å². The molecule has 1 unspecified atom stereocenters. The molecule has 0 saturated heterocycles. The van der Waals surface area contributed by atoms with Gasteiger partial charge in [-0.25, -0.2) is 0 Å². The summed E-state index contributed by atoms with van der Waals surface area (Å²) in [4.78, 5) is 2.62. The van der Waals surface area contributed by atoms with Crippen LogP contribution in [0, 0.1) is 5.92 Å². The molecule has 0 aromatic heterocycles. The highest BCUT2D eigenvalue weighted by molar-refractivity contribution is 4.74. The third-order valence-corrected chi connectivity index (χ3v) is 3.10.